The number of hydrogen-bond donors (Lipinski definition) is 4. The van der Waals surface area contributed by atoms with Gasteiger partial charge in [-0.1, -0.05) is 13.2 Å². The van der Waals surface area contributed by atoms with Crippen LogP contribution in [0.4, 0.5) is 0 Å². The van der Waals surface area contributed by atoms with Crippen molar-refractivity contribution in [2.45, 2.75) is 39.9 Å². The summed E-state index contributed by atoms with van der Waals surface area (Å²) in [5.41, 5.74) is 0. The Balaban J connectivity index is -0.0000000381. The van der Waals surface area contributed by atoms with E-state index < -0.39 is 0 Å². The first-order chi connectivity index (χ1) is 7.37. The van der Waals surface area contributed by atoms with Crippen LogP contribution in [-0.4, -0.2) is 32.9 Å². The smallest absolute Gasteiger partial charge is 0.0871 e. The van der Waals surface area contributed by atoms with E-state index in [9.17, 15) is 0 Å². The van der Waals surface area contributed by atoms with E-state index in [0.717, 1.165) is 12.5 Å². The van der Waals surface area contributed by atoms with E-state index in [-0.39, 0.29) is 33.9 Å². The fourth-order valence-corrected chi connectivity index (χ4v) is 0. The van der Waals surface area contributed by atoms with Crippen LogP contribution < -0.4 is 0 Å². The molecule has 0 spiro atoms. The van der Waals surface area contributed by atoms with Gasteiger partial charge in [0, 0.05) is 21.7 Å². The zero-order valence-corrected chi connectivity index (χ0v) is 12.4. The molecule has 0 fully saturated rings. The van der Waals surface area contributed by atoms with Crippen LogP contribution in [0.15, 0.2) is 25.7 Å². The van der Waals surface area contributed by atoms with Crippen LogP contribution in [0.25, 0.3) is 0 Å². The van der Waals surface area contributed by atoms with Gasteiger partial charge in [0.1, 0.15) is 0 Å². The zero-order chi connectivity index (χ0) is 14.0. The second-order valence-electron chi connectivity index (χ2n) is 2.67. The maximum Gasteiger partial charge on any atom is 0.0871 e. The minimum Gasteiger partial charge on any atom is -0.516 e. The van der Waals surface area contributed by atoms with Crippen molar-refractivity contribution < 1.29 is 52.2 Å². The molecule has 0 atom stereocenters. The third-order valence-electron chi connectivity index (χ3n) is 0.422. The van der Waals surface area contributed by atoms with Gasteiger partial charge in [-0.2, -0.15) is 0 Å². The molecule has 0 amide bonds. The summed E-state index contributed by atoms with van der Waals surface area (Å²) in [6.45, 7) is 12.8. The molecule has 0 aliphatic heterocycles. The molecule has 0 heterocycles. The first-order valence-electron chi connectivity index (χ1n) is 4.48. The summed E-state index contributed by atoms with van der Waals surface area (Å²) in [6.07, 6.45) is 1.38. The Morgan fingerprint density at radius 1 is 0.824 bits per heavy atom. The Bertz CT molecular complexity index is 105. The summed E-state index contributed by atoms with van der Waals surface area (Å²) in [4.78, 5) is 7.50. The zero-order valence-electron chi connectivity index (χ0n) is 10.8. The average molecular weight is 288 g/mol. The second-order valence-corrected chi connectivity index (χ2v) is 2.67. The molecule has 0 radical (unpaired) electrons. The molecule has 0 aromatic rings. The molecule has 0 rings (SSSR count). The monoisotopic (exact) mass is 288 g/mol. The summed E-state index contributed by atoms with van der Waals surface area (Å²) in [7, 11) is 0. The van der Waals surface area contributed by atoms with E-state index in [4.69, 9.17) is 20.7 Å². The van der Waals surface area contributed by atoms with Crippen molar-refractivity contribution in [1.82, 2.24) is 0 Å². The van der Waals surface area contributed by atoms with Gasteiger partial charge >= 0.3 is 0 Å². The van der Waals surface area contributed by atoms with Gasteiger partial charge in [0.2, 0.25) is 0 Å². The van der Waals surface area contributed by atoms with Gasteiger partial charge in [-0.05, 0) is 27.7 Å². The largest absolute Gasteiger partial charge is 0.516 e. The predicted octanol–water partition coefficient (Wildman–Crippen LogP) is 3.14. The maximum absolute atomic E-state index is 7.64. The molecule has 0 aromatic heterocycles. The molecule has 0 saturated heterocycles. The minimum atomic E-state index is -0.0602. The standard InChI is InChI=1S/2C3H8O2.2C2H4O.Ti/c2*1-3(2)5-4;2*1-2-3;/h2*3-4H,1-2H3;2*2-3H,1H2;. The fraction of sp³-hybridized carbons (Fsp3) is 0.600. The van der Waals surface area contributed by atoms with Crippen LogP contribution in [0.3, 0.4) is 0 Å². The molecule has 7 heteroatoms. The van der Waals surface area contributed by atoms with E-state index in [1.54, 1.807) is 27.7 Å². The molecule has 17 heavy (non-hydrogen) atoms. The predicted molar refractivity (Wildman–Crippen MR) is 63.4 cm³/mol. The van der Waals surface area contributed by atoms with Crippen LogP contribution in [-0.2, 0) is 31.5 Å². The average Bonchev–Trinajstić information content (AvgIpc) is 2.21. The summed E-state index contributed by atoms with van der Waals surface area (Å²) in [5.74, 6) is 0. The molecule has 0 unspecified atom stereocenters. The van der Waals surface area contributed by atoms with E-state index in [0.29, 0.717) is 0 Å². The van der Waals surface area contributed by atoms with Crippen molar-refractivity contribution in [1.29, 1.82) is 0 Å². The molecule has 0 aliphatic carbocycles. The third kappa shape index (κ3) is 220. The van der Waals surface area contributed by atoms with E-state index in [1.165, 1.54) is 0 Å². The van der Waals surface area contributed by atoms with Gasteiger partial charge < -0.3 is 10.2 Å². The van der Waals surface area contributed by atoms with Crippen LogP contribution in [0.2, 0.25) is 0 Å². The summed E-state index contributed by atoms with van der Waals surface area (Å²) in [5, 5.41) is 30.0. The van der Waals surface area contributed by atoms with Gasteiger partial charge in [0.25, 0.3) is 0 Å². The number of aliphatic hydroxyl groups is 2. The first-order valence-corrected chi connectivity index (χ1v) is 4.48. The van der Waals surface area contributed by atoms with E-state index >= 15 is 0 Å². The van der Waals surface area contributed by atoms with Crippen LogP contribution in [0.1, 0.15) is 27.7 Å². The van der Waals surface area contributed by atoms with Crippen molar-refractivity contribution in [2.75, 3.05) is 0 Å². The molecule has 0 bridgehead atoms. The van der Waals surface area contributed by atoms with Crippen molar-refractivity contribution in [3.8, 4) is 0 Å². The molecule has 0 aromatic carbocycles. The number of hydrogen-bond acceptors (Lipinski definition) is 6. The second kappa shape index (κ2) is 36.1. The van der Waals surface area contributed by atoms with Crippen LogP contribution >= 0.6 is 0 Å². The Morgan fingerprint density at radius 2 is 0.882 bits per heavy atom. The van der Waals surface area contributed by atoms with Crippen molar-refractivity contribution in [3.05, 3.63) is 25.7 Å². The Kier molecular flexibility index (Phi) is 63.7. The fourth-order valence-electron chi connectivity index (χ4n) is 0. The van der Waals surface area contributed by atoms with Gasteiger partial charge in [-0.25, -0.2) is 9.78 Å². The van der Waals surface area contributed by atoms with E-state index in [2.05, 4.69) is 22.9 Å². The molecule has 0 saturated carbocycles. The first kappa shape index (κ1) is 30.0. The van der Waals surface area contributed by atoms with E-state index in [1.807, 2.05) is 0 Å². The molecule has 104 valence electrons. The van der Waals surface area contributed by atoms with Crippen LogP contribution in [0, 0.1) is 0 Å². The summed E-state index contributed by atoms with van der Waals surface area (Å²) < 4.78 is 0. The van der Waals surface area contributed by atoms with Crippen LogP contribution in [0.5, 0.6) is 0 Å². The SMILES string of the molecule is C=CO.C=CO.CC(C)OO.CC(C)OO.[Ti]. The summed E-state index contributed by atoms with van der Waals surface area (Å²) in [6, 6.07) is 0. The topological polar surface area (TPSA) is 99.4 Å². The molecule has 6 nitrogen and oxygen atoms in total. The van der Waals surface area contributed by atoms with Gasteiger partial charge in [-0.15, -0.1) is 0 Å². The normalized spacial score (nSPS) is 7.06. The van der Waals surface area contributed by atoms with Gasteiger partial charge in [0.05, 0.1) is 24.7 Å². The van der Waals surface area contributed by atoms with Crippen molar-refractivity contribution in [3.63, 3.8) is 0 Å². The quantitative estimate of drug-likeness (QED) is 0.269. The molecule has 4 N–H and O–H groups in total. The molecular formula is C10H24O6Ti. The number of rotatable bonds is 2. The summed E-state index contributed by atoms with van der Waals surface area (Å²) >= 11 is 0. The van der Waals surface area contributed by atoms with Gasteiger partial charge in [-0.3, -0.25) is 10.5 Å². The third-order valence-corrected chi connectivity index (χ3v) is 0.422. The van der Waals surface area contributed by atoms with Crippen molar-refractivity contribution in [2.24, 2.45) is 0 Å². The minimum absolute atomic E-state index is 0. The Hall–Kier alpha value is -0.366. The van der Waals surface area contributed by atoms with Crippen molar-refractivity contribution >= 4 is 0 Å². The Morgan fingerprint density at radius 3 is 0.882 bits per heavy atom. The molecular weight excluding hydrogens is 264 g/mol. The van der Waals surface area contributed by atoms with Gasteiger partial charge in [0.15, 0.2) is 0 Å². The Labute approximate surface area is 118 Å². The number of aliphatic hydroxyl groups excluding tert-OH is 2. The maximum atomic E-state index is 7.64. The molecule has 0 aliphatic rings.